The third-order valence-corrected chi connectivity index (χ3v) is 4.89. The third-order valence-electron chi connectivity index (χ3n) is 4.65. The van der Waals surface area contributed by atoms with Crippen molar-refractivity contribution < 1.29 is 19.1 Å². The van der Waals surface area contributed by atoms with Crippen LogP contribution >= 0.6 is 11.6 Å². The van der Waals surface area contributed by atoms with E-state index in [1.54, 1.807) is 30.3 Å². The van der Waals surface area contributed by atoms with Crippen LogP contribution in [-0.2, 0) is 9.59 Å². The van der Waals surface area contributed by atoms with Gasteiger partial charge in [-0.1, -0.05) is 30.7 Å². The van der Waals surface area contributed by atoms with E-state index in [4.69, 9.17) is 16.3 Å². The molecule has 4 amide bonds. The minimum Gasteiger partial charge on any atom is -0.493 e. The van der Waals surface area contributed by atoms with Crippen LogP contribution in [0.25, 0.3) is 6.08 Å². The summed E-state index contributed by atoms with van der Waals surface area (Å²) in [5, 5.41) is 2.67. The summed E-state index contributed by atoms with van der Waals surface area (Å²) in [6, 6.07) is 9.50. The number of carbonyl (C=O) groups is 3. The standard InChI is InChI=1S/C22H21ClN2O4/c1-4-10-29-19-9-8-16(23)11-15(19)12-17-20(26)24-22(28)25(21(17)27)18-7-5-6-13(2)14(18)3/h5-9,11-12H,4,10H2,1-3H3,(H,24,26,28)/b17-12+. The molecule has 0 aromatic heterocycles. The summed E-state index contributed by atoms with van der Waals surface area (Å²) in [6.45, 7) is 6.15. The number of nitrogens with zero attached hydrogens (tertiary/aromatic N) is 1. The van der Waals surface area contributed by atoms with Gasteiger partial charge in [-0.05, 0) is 61.7 Å². The van der Waals surface area contributed by atoms with Gasteiger partial charge in [-0.25, -0.2) is 9.69 Å². The number of rotatable bonds is 5. The Bertz CT molecular complexity index is 1030. The van der Waals surface area contributed by atoms with Crippen molar-refractivity contribution in [1.82, 2.24) is 5.32 Å². The van der Waals surface area contributed by atoms with Crippen molar-refractivity contribution in [2.75, 3.05) is 11.5 Å². The second kappa shape index (κ2) is 8.49. The first-order valence-electron chi connectivity index (χ1n) is 9.23. The number of imide groups is 2. The van der Waals surface area contributed by atoms with Crippen LogP contribution in [-0.4, -0.2) is 24.5 Å². The van der Waals surface area contributed by atoms with Crippen LogP contribution in [0.4, 0.5) is 10.5 Å². The Labute approximate surface area is 174 Å². The third kappa shape index (κ3) is 4.17. The Morgan fingerprint density at radius 2 is 1.90 bits per heavy atom. The normalized spacial score (nSPS) is 15.7. The topological polar surface area (TPSA) is 75.7 Å². The molecule has 0 unspecified atom stereocenters. The molecule has 0 bridgehead atoms. The molecule has 1 heterocycles. The zero-order valence-corrected chi connectivity index (χ0v) is 17.2. The number of carbonyl (C=O) groups excluding carboxylic acids is 3. The first-order valence-corrected chi connectivity index (χ1v) is 9.61. The quantitative estimate of drug-likeness (QED) is 0.583. The van der Waals surface area contributed by atoms with E-state index in [-0.39, 0.29) is 5.57 Å². The highest BCUT2D eigenvalue weighted by Crippen LogP contribution is 2.29. The highest BCUT2D eigenvalue weighted by atomic mass is 35.5. The summed E-state index contributed by atoms with van der Waals surface area (Å²) in [6.07, 6.45) is 2.20. The second-order valence-corrected chi connectivity index (χ2v) is 7.14. The van der Waals surface area contributed by atoms with E-state index in [2.05, 4.69) is 5.32 Å². The molecule has 1 N–H and O–H groups in total. The Kier molecular flexibility index (Phi) is 6.03. The number of amides is 4. The number of benzene rings is 2. The minimum atomic E-state index is -0.778. The number of barbiturate groups is 1. The molecule has 0 aliphatic carbocycles. The van der Waals surface area contributed by atoms with Crippen LogP contribution in [0.5, 0.6) is 5.75 Å². The summed E-state index contributed by atoms with van der Waals surface area (Å²) in [5.41, 5.74) is 2.45. The second-order valence-electron chi connectivity index (χ2n) is 6.71. The molecule has 150 valence electrons. The summed E-state index contributed by atoms with van der Waals surface area (Å²) >= 11 is 6.09. The fourth-order valence-corrected chi connectivity index (χ4v) is 3.17. The molecular weight excluding hydrogens is 392 g/mol. The lowest BCUT2D eigenvalue weighted by atomic mass is 10.0. The van der Waals surface area contributed by atoms with Gasteiger partial charge in [0.05, 0.1) is 12.3 Å². The lowest BCUT2D eigenvalue weighted by Crippen LogP contribution is -2.54. The van der Waals surface area contributed by atoms with Gasteiger partial charge in [0, 0.05) is 10.6 Å². The molecule has 3 rings (SSSR count). The van der Waals surface area contributed by atoms with E-state index >= 15 is 0 Å². The lowest BCUT2D eigenvalue weighted by Gasteiger charge is -2.28. The van der Waals surface area contributed by atoms with Gasteiger partial charge in [0.1, 0.15) is 11.3 Å². The van der Waals surface area contributed by atoms with Crippen LogP contribution in [0.3, 0.4) is 0 Å². The van der Waals surface area contributed by atoms with Gasteiger partial charge < -0.3 is 4.74 Å². The van der Waals surface area contributed by atoms with Crippen molar-refractivity contribution in [3.63, 3.8) is 0 Å². The Morgan fingerprint density at radius 1 is 1.14 bits per heavy atom. The van der Waals surface area contributed by atoms with Gasteiger partial charge in [-0.3, -0.25) is 14.9 Å². The summed E-state index contributed by atoms with van der Waals surface area (Å²) in [5.74, 6) is -0.962. The van der Waals surface area contributed by atoms with Crippen molar-refractivity contribution in [1.29, 1.82) is 0 Å². The van der Waals surface area contributed by atoms with E-state index < -0.39 is 17.8 Å². The molecule has 2 aromatic carbocycles. The average molecular weight is 413 g/mol. The van der Waals surface area contributed by atoms with E-state index in [1.165, 1.54) is 6.08 Å². The Balaban J connectivity index is 2.07. The van der Waals surface area contributed by atoms with Gasteiger partial charge in [0.25, 0.3) is 11.8 Å². The molecule has 1 fully saturated rings. The predicted molar refractivity (Wildman–Crippen MR) is 112 cm³/mol. The maximum atomic E-state index is 13.1. The smallest absolute Gasteiger partial charge is 0.335 e. The Hall–Kier alpha value is -3.12. The van der Waals surface area contributed by atoms with Gasteiger partial charge in [-0.15, -0.1) is 0 Å². The molecule has 1 saturated heterocycles. The molecule has 1 aliphatic rings. The Morgan fingerprint density at radius 3 is 2.62 bits per heavy atom. The SMILES string of the molecule is CCCOc1ccc(Cl)cc1/C=C1\C(=O)NC(=O)N(c2cccc(C)c2C)C1=O. The largest absolute Gasteiger partial charge is 0.493 e. The number of hydrogen-bond donors (Lipinski definition) is 1. The average Bonchev–Trinajstić information content (AvgIpc) is 2.67. The van der Waals surface area contributed by atoms with Crippen LogP contribution in [0.15, 0.2) is 42.0 Å². The van der Waals surface area contributed by atoms with Crippen LogP contribution in [0, 0.1) is 13.8 Å². The molecule has 0 radical (unpaired) electrons. The maximum absolute atomic E-state index is 13.1. The zero-order valence-electron chi connectivity index (χ0n) is 16.4. The minimum absolute atomic E-state index is 0.172. The van der Waals surface area contributed by atoms with Gasteiger partial charge >= 0.3 is 6.03 Å². The number of hydrogen-bond acceptors (Lipinski definition) is 4. The van der Waals surface area contributed by atoms with Crippen molar-refractivity contribution in [3.8, 4) is 5.75 Å². The summed E-state index contributed by atoms with van der Waals surface area (Å²) in [4.78, 5) is 39.0. The fraction of sp³-hybridized carbons (Fsp3) is 0.227. The van der Waals surface area contributed by atoms with E-state index in [9.17, 15) is 14.4 Å². The van der Waals surface area contributed by atoms with Crippen LogP contribution < -0.4 is 15.0 Å². The maximum Gasteiger partial charge on any atom is 0.335 e. The summed E-state index contributed by atoms with van der Waals surface area (Å²) < 4.78 is 5.69. The van der Waals surface area contributed by atoms with E-state index in [0.717, 1.165) is 22.4 Å². The van der Waals surface area contributed by atoms with Crippen molar-refractivity contribution in [2.24, 2.45) is 0 Å². The molecular formula is C22H21ClN2O4. The van der Waals surface area contributed by atoms with Crippen molar-refractivity contribution in [3.05, 3.63) is 63.7 Å². The van der Waals surface area contributed by atoms with Crippen LogP contribution in [0.2, 0.25) is 5.02 Å². The molecule has 0 atom stereocenters. The van der Waals surface area contributed by atoms with Gasteiger partial charge in [0.15, 0.2) is 0 Å². The number of ether oxygens (including phenoxy) is 1. The van der Waals surface area contributed by atoms with Gasteiger partial charge in [-0.2, -0.15) is 0 Å². The molecule has 7 heteroatoms. The molecule has 29 heavy (non-hydrogen) atoms. The van der Waals surface area contributed by atoms with Gasteiger partial charge in [0.2, 0.25) is 0 Å². The highest BCUT2D eigenvalue weighted by molar-refractivity contribution is 6.39. The molecule has 0 saturated carbocycles. The molecule has 6 nitrogen and oxygen atoms in total. The first-order chi connectivity index (χ1) is 13.8. The number of nitrogens with one attached hydrogen (secondary N) is 1. The monoisotopic (exact) mass is 412 g/mol. The lowest BCUT2D eigenvalue weighted by molar-refractivity contribution is -0.122. The number of anilines is 1. The van der Waals surface area contributed by atoms with Crippen molar-refractivity contribution >= 4 is 41.2 Å². The molecule has 2 aromatic rings. The first kappa shape index (κ1) is 20.6. The number of halogens is 1. The molecule has 0 spiro atoms. The van der Waals surface area contributed by atoms with E-state index in [0.29, 0.717) is 28.6 Å². The summed E-state index contributed by atoms with van der Waals surface area (Å²) in [7, 11) is 0. The zero-order chi connectivity index (χ0) is 21.1. The fourth-order valence-electron chi connectivity index (χ4n) is 2.99. The van der Waals surface area contributed by atoms with E-state index in [1.807, 2.05) is 26.8 Å². The highest BCUT2D eigenvalue weighted by Gasteiger charge is 2.37. The number of aryl methyl sites for hydroxylation is 1. The van der Waals surface area contributed by atoms with Crippen LogP contribution in [0.1, 0.15) is 30.0 Å². The number of urea groups is 1. The molecule has 1 aliphatic heterocycles. The predicted octanol–water partition coefficient (Wildman–Crippen LogP) is 4.41. The van der Waals surface area contributed by atoms with Crippen molar-refractivity contribution in [2.45, 2.75) is 27.2 Å².